The smallest absolute Gasteiger partial charge is 0.410 e. The summed E-state index contributed by atoms with van der Waals surface area (Å²) in [6.45, 7) is 7.46. The fourth-order valence-corrected chi connectivity index (χ4v) is 3.43. The summed E-state index contributed by atoms with van der Waals surface area (Å²) in [6, 6.07) is 7.42. The van der Waals surface area contributed by atoms with E-state index in [1.165, 1.54) is 0 Å². The van der Waals surface area contributed by atoms with Gasteiger partial charge in [-0.05, 0) is 63.8 Å². The van der Waals surface area contributed by atoms with Gasteiger partial charge in [0, 0.05) is 29.5 Å². The topological polar surface area (TPSA) is 71.8 Å². The Morgan fingerprint density at radius 1 is 1.26 bits per heavy atom. The number of carbonyl (C=O) groups is 2. The Balaban J connectivity index is 1.48. The lowest BCUT2D eigenvalue weighted by atomic mass is 9.97. The van der Waals surface area contributed by atoms with Gasteiger partial charge in [-0.25, -0.2) is 4.79 Å². The van der Waals surface area contributed by atoms with Crippen molar-refractivity contribution in [2.45, 2.75) is 39.2 Å². The molecular weight excluding hydrogens is 412 g/mol. The Labute approximate surface area is 167 Å². The molecule has 27 heavy (non-hydrogen) atoms. The van der Waals surface area contributed by atoms with Gasteiger partial charge in [-0.3, -0.25) is 4.79 Å². The number of furan rings is 1. The van der Waals surface area contributed by atoms with E-state index in [4.69, 9.17) is 9.15 Å². The van der Waals surface area contributed by atoms with Crippen molar-refractivity contribution in [2.24, 2.45) is 5.92 Å². The van der Waals surface area contributed by atoms with Gasteiger partial charge in [0.1, 0.15) is 11.2 Å². The van der Waals surface area contributed by atoms with Gasteiger partial charge >= 0.3 is 6.09 Å². The predicted molar refractivity (Wildman–Crippen MR) is 107 cm³/mol. The van der Waals surface area contributed by atoms with Crippen LogP contribution in [0.1, 0.15) is 44.2 Å². The van der Waals surface area contributed by atoms with Gasteiger partial charge in [0.15, 0.2) is 5.76 Å². The fraction of sp³-hybridized carbons (Fsp3) is 0.500. The third-order valence-electron chi connectivity index (χ3n) is 4.52. The quantitative estimate of drug-likeness (QED) is 0.764. The second-order valence-corrected chi connectivity index (χ2v) is 8.83. The molecule has 1 saturated heterocycles. The van der Waals surface area contributed by atoms with Gasteiger partial charge in [0.2, 0.25) is 0 Å². The molecule has 0 unspecified atom stereocenters. The number of ether oxygens (including phenoxy) is 1. The molecule has 1 fully saturated rings. The number of amides is 2. The predicted octanol–water partition coefficient (Wildman–Crippen LogP) is 4.57. The highest BCUT2D eigenvalue weighted by atomic mass is 79.9. The van der Waals surface area contributed by atoms with E-state index in [0.717, 1.165) is 22.7 Å². The van der Waals surface area contributed by atoms with E-state index in [1.54, 1.807) is 11.0 Å². The van der Waals surface area contributed by atoms with E-state index in [9.17, 15) is 9.59 Å². The normalized spacial score (nSPS) is 15.8. The van der Waals surface area contributed by atoms with E-state index in [2.05, 4.69) is 21.2 Å². The summed E-state index contributed by atoms with van der Waals surface area (Å²) in [4.78, 5) is 26.2. The zero-order valence-electron chi connectivity index (χ0n) is 15.9. The first-order valence-corrected chi connectivity index (χ1v) is 9.96. The number of hydrogen-bond donors (Lipinski definition) is 1. The summed E-state index contributed by atoms with van der Waals surface area (Å²) in [5, 5.41) is 3.84. The number of piperidine rings is 1. The average molecular weight is 437 g/mol. The Morgan fingerprint density at radius 2 is 1.96 bits per heavy atom. The summed E-state index contributed by atoms with van der Waals surface area (Å²) in [5.74, 6) is 0.442. The van der Waals surface area contributed by atoms with Gasteiger partial charge in [0.25, 0.3) is 5.91 Å². The number of carbonyl (C=O) groups excluding carboxylic acids is 2. The van der Waals surface area contributed by atoms with Crippen molar-refractivity contribution >= 4 is 38.9 Å². The average Bonchev–Trinajstić information content (AvgIpc) is 3.01. The van der Waals surface area contributed by atoms with Gasteiger partial charge in [-0.15, -0.1) is 0 Å². The minimum Gasteiger partial charge on any atom is -0.451 e. The Kier molecular flexibility index (Phi) is 5.79. The van der Waals surface area contributed by atoms with Crippen LogP contribution in [-0.4, -0.2) is 42.1 Å². The second-order valence-electron chi connectivity index (χ2n) is 7.91. The summed E-state index contributed by atoms with van der Waals surface area (Å²) in [6.07, 6.45) is 1.41. The Morgan fingerprint density at radius 3 is 2.63 bits per heavy atom. The highest BCUT2D eigenvalue weighted by Gasteiger charge is 2.27. The van der Waals surface area contributed by atoms with Crippen molar-refractivity contribution in [1.82, 2.24) is 10.2 Å². The lowest BCUT2D eigenvalue weighted by Crippen LogP contribution is -2.43. The maximum Gasteiger partial charge on any atom is 0.410 e. The molecule has 2 heterocycles. The van der Waals surface area contributed by atoms with Crippen molar-refractivity contribution in [3.05, 3.63) is 34.5 Å². The molecule has 0 radical (unpaired) electrons. The third-order valence-corrected chi connectivity index (χ3v) is 5.02. The molecule has 1 aromatic heterocycles. The van der Waals surface area contributed by atoms with Crippen molar-refractivity contribution in [3.63, 3.8) is 0 Å². The van der Waals surface area contributed by atoms with E-state index >= 15 is 0 Å². The molecule has 2 aromatic rings. The molecule has 1 N–H and O–H groups in total. The molecule has 7 heteroatoms. The highest BCUT2D eigenvalue weighted by molar-refractivity contribution is 9.10. The maximum atomic E-state index is 12.4. The van der Waals surface area contributed by atoms with E-state index in [0.29, 0.717) is 36.9 Å². The van der Waals surface area contributed by atoms with Crippen LogP contribution in [-0.2, 0) is 4.74 Å². The molecule has 1 aromatic carbocycles. The first kappa shape index (κ1) is 19.7. The first-order chi connectivity index (χ1) is 12.7. The van der Waals surface area contributed by atoms with Gasteiger partial charge in [-0.1, -0.05) is 15.9 Å². The van der Waals surface area contributed by atoms with Crippen LogP contribution in [0.2, 0.25) is 0 Å². The fourth-order valence-electron chi connectivity index (χ4n) is 3.09. The van der Waals surface area contributed by atoms with E-state index in [-0.39, 0.29) is 12.0 Å². The number of halogens is 1. The van der Waals surface area contributed by atoms with Crippen LogP contribution in [0.4, 0.5) is 4.79 Å². The van der Waals surface area contributed by atoms with Crippen molar-refractivity contribution < 1.29 is 18.7 Å². The molecule has 0 atom stereocenters. The van der Waals surface area contributed by atoms with Crippen LogP contribution in [0.5, 0.6) is 0 Å². The largest absolute Gasteiger partial charge is 0.451 e. The van der Waals surface area contributed by atoms with Gasteiger partial charge in [0.05, 0.1) is 0 Å². The highest BCUT2D eigenvalue weighted by Crippen LogP contribution is 2.24. The minimum absolute atomic E-state index is 0.211. The molecule has 1 aliphatic rings. The molecule has 3 rings (SSSR count). The molecule has 2 amide bonds. The number of hydrogen-bond acceptors (Lipinski definition) is 4. The number of rotatable bonds is 3. The number of likely N-dealkylation sites (tertiary alicyclic amines) is 1. The first-order valence-electron chi connectivity index (χ1n) is 9.16. The summed E-state index contributed by atoms with van der Waals surface area (Å²) in [7, 11) is 0. The maximum absolute atomic E-state index is 12.4. The van der Waals surface area contributed by atoms with Crippen LogP contribution < -0.4 is 5.32 Å². The minimum atomic E-state index is -0.482. The summed E-state index contributed by atoms with van der Waals surface area (Å²) >= 11 is 3.39. The van der Waals surface area contributed by atoms with Gasteiger partial charge < -0.3 is 19.4 Å². The SMILES string of the molecule is CC(C)(C)OC(=O)N1CCC(CNC(=O)c2cc3ccc(Br)cc3o2)CC1. The summed E-state index contributed by atoms with van der Waals surface area (Å²) < 4.78 is 12.0. The van der Waals surface area contributed by atoms with Crippen LogP contribution in [0.15, 0.2) is 33.2 Å². The number of nitrogens with zero attached hydrogens (tertiary/aromatic N) is 1. The van der Waals surface area contributed by atoms with Crippen LogP contribution >= 0.6 is 15.9 Å². The summed E-state index contributed by atoms with van der Waals surface area (Å²) in [5.41, 5.74) is 0.199. The van der Waals surface area contributed by atoms with Crippen LogP contribution in [0.25, 0.3) is 11.0 Å². The standard InChI is InChI=1S/C20H25BrN2O4/c1-20(2,3)27-19(25)23-8-6-13(7-9-23)12-22-18(24)17-10-14-4-5-15(21)11-16(14)26-17/h4-5,10-11,13H,6-9,12H2,1-3H3,(H,22,24). The van der Waals surface area contributed by atoms with Crippen molar-refractivity contribution in [3.8, 4) is 0 Å². The molecule has 0 spiro atoms. The van der Waals surface area contributed by atoms with Crippen molar-refractivity contribution in [1.29, 1.82) is 0 Å². The molecule has 146 valence electrons. The molecule has 6 nitrogen and oxygen atoms in total. The molecule has 1 aliphatic heterocycles. The molecule has 0 saturated carbocycles. The molecular formula is C20H25BrN2O4. The second kappa shape index (κ2) is 7.92. The lowest BCUT2D eigenvalue weighted by molar-refractivity contribution is 0.0183. The number of nitrogens with one attached hydrogen (secondary N) is 1. The number of fused-ring (bicyclic) bond motifs is 1. The van der Waals surface area contributed by atoms with Crippen LogP contribution in [0, 0.1) is 5.92 Å². The van der Waals surface area contributed by atoms with E-state index in [1.807, 2.05) is 39.0 Å². The molecule has 0 aliphatic carbocycles. The monoisotopic (exact) mass is 436 g/mol. The van der Waals surface area contributed by atoms with Crippen LogP contribution in [0.3, 0.4) is 0 Å². The molecule has 0 bridgehead atoms. The Hall–Kier alpha value is -2.02. The van der Waals surface area contributed by atoms with E-state index < -0.39 is 5.60 Å². The lowest BCUT2D eigenvalue weighted by Gasteiger charge is -2.33. The van der Waals surface area contributed by atoms with Crippen molar-refractivity contribution in [2.75, 3.05) is 19.6 Å². The zero-order valence-corrected chi connectivity index (χ0v) is 17.5. The Bertz CT molecular complexity index is 832. The van der Waals surface area contributed by atoms with Gasteiger partial charge in [-0.2, -0.15) is 0 Å². The third kappa shape index (κ3) is 5.25. The number of benzene rings is 1. The zero-order chi connectivity index (χ0) is 19.6.